The molecule has 2 atom stereocenters. The average Bonchev–Trinajstić information content (AvgIpc) is 3.50. The number of hydrogen-bond donors (Lipinski definition) is 2. The van der Waals surface area contributed by atoms with E-state index in [-0.39, 0.29) is 24.9 Å². The largest absolute Gasteiger partial charge is 0.465 e. The van der Waals surface area contributed by atoms with Gasteiger partial charge in [-0.3, -0.25) is 19.4 Å². The number of carbonyl (C=O) groups is 4. The Morgan fingerprint density at radius 2 is 1.78 bits per heavy atom. The van der Waals surface area contributed by atoms with E-state index in [4.69, 9.17) is 16.3 Å². The number of benzene rings is 1. The lowest BCUT2D eigenvalue weighted by Crippen LogP contribution is -2.54. The molecule has 0 radical (unpaired) electrons. The molecule has 0 saturated carbocycles. The Labute approximate surface area is 217 Å². The average molecular weight is 535 g/mol. The van der Waals surface area contributed by atoms with Crippen LogP contribution in [0.5, 0.6) is 0 Å². The van der Waals surface area contributed by atoms with Crippen LogP contribution in [0, 0.1) is 0 Å². The molecule has 2 saturated heterocycles. The fourth-order valence-electron chi connectivity index (χ4n) is 4.43. The third-order valence-electron chi connectivity index (χ3n) is 6.05. The second-order valence-corrected chi connectivity index (χ2v) is 11.3. The van der Waals surface area contributed by atoms with Gasteiger partial charge < -0.3 is 20.1 Å². The van der Waals surface area contributed by atoms with Gasteiger partial charge in [0.1, 0.15) is 12.1 Å². The molecule has 1 aromatic carbocycles. The van der Waals surface area contributed by atoms with Crippen molar-refractivity contribution in [2.45, 2.75) is 44.9 Å². The van der Waals surface area contributed by atoms with Crippen LogP contribution in [-0.4, -0.2) is 71.3 Å². The number of amides is 4. The highest BCUT2D eigenvalue weighted by atomic mass is 35.5. The molecule has 36 heavy (non-hydrogen) atoms. The number of carbonyl (C=O) groups excluding carboxylic acids is 3. The number of nitrogens with zero attached hydrogens (tertiary/aromatic N) is 3. The van der Waals surface area contributed by atoms with Gasteiger partial charge in [0, 0.05) is 23.5 Å². The Morgan fingerprint density at radius 1 is 1.14 bits per heavy atom. The van der Waals surface area contributed by atoms with Crippen LogP contribution in [0.15, 0.2) is 36.4 Å². The van der Waals surface area contributed by atoms with Crippen molar-refractivity contribution in [2.24, 2.45) is 0 Å². The first kappa shape index (κ1) is 25.8. The van der Waals surface area contributed by atoms with Gasteiger partial charge in [-0.2, -0.15) is 0 Å². The summed E-state index contributed by atoms with van der Waals surface area (Å²) in [6.45, 7) is 6.10. The molecule has 2 aromatic rings. The zero-order valence-electron chi connectivity index (χ0n) is 20.1. The number of hydrogen-bond acceptors (Lipinski definition) is 6. The Kier molecular flexibility index (Phi) is 7.14. The maximum atomic E-state index is 13.1. The van der Waals surface area contributed by atoms with Crippen LogP contribution in [0.2, 0.25) is 4.34 Å². The molecule has 4 amide bonds. The van der Waals surface area contributed by atoms with E-state index in [1.54, 1.807) is 62.1 Å². The van der Waals surface area contributed by atoms with Crippen LogP contribution < -0.4 is 15.1 Å². The first-order chi connectivity index (χ1) is 17.0. The zero-order chi connectivity index (χ0) is 26.2. The third kappa shape index (κ3) is 5.26. The van der Waals surface area contributed by atoms with Gasteiger partial charge in [0.2, 0.25) is 5.91 Å². The van der Waals surface area contributed by atoms with Crippen molar-refractivity contribution >= 4 is 58.3 Å². The molecule has 2 fully saturated rings. The SMILES string of the molecule is CC(C)(C)N(C(=O)O)[C@@H]1CCN(c2ccc(N3C[C@H](CNC(=O)c4ccc(Cl)s4)OC3=O)cc2)C1=O. The summed E-state index contributed by atoms with van der Waals surface area (Å²) in [4.78, 5) is 54.2. The fourth-order valence-corrected chi connectivity index (χ4v) is 5.39. The molecular weight excluding hydrogens is 508 g/mol. The molecule has 3 heterocycles. The Hall–Kier alpha value is -3.31. The minimum Gasteiger partial charge on any atom is -0.465 e. The van der Waals surface area contributed by atoms with E-state index in [1.165, 1.54) is 21.1 Å². The number of thiophene rings is 1. The van der Waals surface area contributed by atoms with Crippen LogP contribution in [-0.2, 0) is 9.53 Å². The van der Waals surface area contributed by atoms with Crippen LogP contribution in [0.1, 0.15) is 36.9 Å². The summed E-state index contributed by atoms with van der Waals surface area (Å²) in [5, 5.41) is 12.4. The Balaban J connectivity index is 1.37. The normalized spacial score (nSPS) is 20.0. The number of rotatable bonds is 6. The molecule has 10 nitrogen and oxygen atoms in total. The van der Waals surface area contributed by atoms with Crippen molar-refractivity contribution in [3.8, 4) is 0 Å². The molecule has 2 N–H and O–H groups in total. The molecule has 0 unspecified atom stereocenters. The molecule has 1 aromatic heterocycles. The summed E-state index contributed by atoms with van der Waals surface area (Å²) >= 11 is 7.03. The van der Waals surface area contributed by atoms with E-state index >= 15 is 0 Å². The maximum Gasteiger partial charge on any atom is 0.414 e. The highest BCUT2D eigenvalue weighted by Gasteiger charge is 2.43. The van der Waals surface area contributed by atoms with Gasteiger partial charge in [0.25, 0.3) is 5.91 Å². The van der Waals surface area contributed by atoms with Gasteiger partial charge in [0.15, 0.2) is 0 Å². The van der Waals surface area contributed by atoms with E-state index < -0.39 is 29.9 Å². The molecule has 0 aliphatic carbocycles. The smallest absolute Gasteiger partial charge is 0.414 e. The minimum atomic E-state index is -1.13. The maximum absolute atomic E-state index is 13.1. The Morgan fingerprint density at radius 3 is 2.33 bits per heavy atom. The number of ether oxygens (including phenoxy) is 1. The lowest BCUT2D eigenvalue weighted by Gasteiger charge is -2.36. The number of anilines is 2. The van der Waals surface area contributed by atoms with Crippen LogP contribution in [0.25, 0.3) is 0 Å². The van der Waals surface area contributed by atoms with E-state index in [1.807, 2.05) is 0 Å². The molecule has 4 rings (SSSR count). The second-order valence-electron chi connectivity index (χ2n) is 9.56. The molecule has 0 spiro atoms. The third-order valence-corrected chi connectivity index (χ3v) is 7.28. The van der Waals surface area contributed by atoms with Gasteiger partial charge in [-0.15, -0.1) is 11.3 Å². The molecule has 0 bridgehead atoms. The monoisotopic (exact) mass is 534 g/mol. The molecule has 192 valence electrons. The number of nitrogens with one attached hydrogen (secondary N) is 1. The van der Waals surface area contributed by atoms with Crippen LogP contribution >= 0.6 is 22.9 Å². The standard InChI is InChI=1S/C24H27ClN4O6S/c1-24(2,3)29(22(32)33)17-10-11-27(21(17)31)14-4-6-15(7-5-14)28-13-16(35-23(28)34)12-26-20(30)18-8-9-19(25)36-18/h4-9,16-17H,10-13H2,1-3H3,(H,26,30)(H,32,33)/t16-,17+/m0/s1. The predicted molar refractivity (Wildman–Crippen MR) is 136 cm³/mol. The highest BCUT2D eigenvalue weighted by Crippen LogP contribution is 2.31. The second kappa shape index (κ2) is 9.98. The highest BCUT2D eigenvalue weighted by molar-refractivity contribution is 7.18. The van der Waals surface area contributed by atoms with Crippen molar-refractivity contribution in [2.75, 3.05) is 29.4 Å². The molecule has 2 aliphatic heterocycles. The lowest BCUT2D eigenvalue weighted by atomic mass is 10.0. The molecule has 12 heteroatoms. The summed E-state index contributed by atoms with van der Waals surface area (Å²) in [5.74, 6) is -0.559. The van der Waals surface area contributed by atoms with E-state index in [2.05, 4.69) is 5.32 Å². The Bertz CT molecular complexity index is 1180. The summed E-state index contributed by atoms with van der Waals surface area (Å²) in [7, 11) is 0. The molecule has 2 aliphatic rings. The minimum absolute atomic E-state index is 0.159. The number of carboxylic acid groups (broad SMARTS) is 1. The molecular formula is C24H27ClN4O6S. The summed E-state index contributed by atoms with van der Waals surface area (Å²) < 4.78 is 5.90. The predicted octanol–water partition coefficient (Wildman–Crippen LogP) is 4.04. The van der Waals surface area contributed by atoms with Gasteiger partial charge in [-0.05, 0) is 63.6 Å². The summed E-state index contributed by atoms with van der Waals surface area (Å²) in [6, 6.07) is 9.39. The van der Waals surface area contributed by atoms with E-state index in [0.29, 0.717) is 33.6 Å². The van der Waals surface area contributed by atoms with Gasteiger partial charge in [-0.1, -0.05) is 11.6 Å². The van der Waals surface area contributed by atoms with Gasteiger partial charge >= 0.3 is 12.2 Å². The van der Waals surface area contributed by atoms with Crippen molar-refractivity contribution < 1.29 is 29.0 Å². The quantitative estimate of drug-likeness (QED) is 0.577. The zero-order valence-corrected chi connectivity index (χ0v) is 21.6. The van der Waals surface area contributed by atoms with Crippen molar-refractivity contribution in [3.05, 3.63) is 45.6 Å². The van der Waals surface area contributed by atoms with E-state index in [0.717, 1.165) is 0 Å². The van der Waals surface area contributed by atoms with Crippen molar-refractivity contribution in [1.29, 1.82) is 0 Å². The van der Waals surface area contributed by atoms with E-state index in [9.17, 15) is 24.3 Å². The van der Waals surface area contributed by atoms with Crippen molar-refractivity contribution in [1.82, 2.24) is 10.2 Å². The fraction of sp³-hybridized carbons (Fsp3) is 0.417. The summed E-state index contributed by atoms with van der Waals surface area (Å²) in [5.41, 5.74) is 0.499. The summed E-state index contributed by atoms with van der Waals surface area (Å²) in [6.07, 6.45) is -1.78. The number of cyclic esters (lactones) is 1. The van der Waals surface area contributed by atoms with Crippen LogP contribution in [0.3, 0.4) is 0 Å². The van der Waals surface area contributed by atoms with Crippen molar-refractivity contribution in [3.63, 3.8) is 0 Å². The topological polar surface area (TPSA) is 119 Å². The lowest BCUT2D eigenvalue weighted by molar-refractivity contribution is -0.122. The first-order valence-corrected chi connectivity index (χ1v) is 12.6. The van der Waals surface area contributed by atoms with Gasteiger partial charge in [-0.25, -0.2) is 9.59 Å². The van der Waals surface area contributed by atoms with Gasteiger partial charge in [0.05, 0.1) is 22.3 Å². The number of halogens is 1. The first-order valence-electron chi connectivity index (χ1n) is 11.4. The van der Waals surface area contributed by atoms with Crippen LogP contribution in [0.4, 0.5) is 21.0 Å².